The van der Waals surface area contributed by atoms with Gasteiger partial charge in [-0.15, -0.1) is 10.2 Å². The van der Waals surface area contributed by atoms with E-state index in [1.54, 1.807) is 41.2 Å². The number of nitrogens with zero attached hydrogens (tertiary/aromatic N) is 6. The number of nitrogens with one attached hydrogen (secondary N) is 2. The van der Waals surface area contributed by atoms with Crippen molar-refractivity contribution in [3.8, 4) is 11.8 Å². The van der Waals surface area contributed by atoms with E-state index in [2.05, 4.69) is 43.6 Å². The number of fused-ring (bicyclic) bond motifs is 1. The average molecular weight is 467 g/mol. The first kappa shape index (κ1) is 23.1. The van der Waals surface area contributed by atoms with Crippen molar-refractivity contribution in [2.24, 2.45) is 12.0 Å². The number of amides is 1. The molecule has 0 aliphatic heterocycles. The molecule has 2 aromatic carbocycles. The molecule has 2 heterocycles. The van der Waals surface area contributed by atoms with E-state index in [1.807, 2.05) is 26.1 Å². The number of ether oxygens (including phenoxy) is 1. The standard InChI is InChI=1S/C25H22N8O2/c1-15-9-18(6-8-22(15)35-24(27-3)11-23-32-29-14-33(23)4)31-25-17(12-26)13-28-21-7-5-19(10-20(21)25)30-16(2)34/h5-11,13-14H,3H2,1-2,4H3,(H,28,31)(H,30,34)/b24-11+. The average Bonchev–Trinajstić information content (AvgIpc) is 3.24. The highest BCUT2D eigenvalue weighted by Gasteiger charge is 2.12. The fourth-order valence-corrected chi connectivity index (χ4v) is 3.43. The molecule has 1 amide bonds. The Hall–Kier alpha value is -5.04. The summed E-state index contributed by atoms with van der Waals surface area (Å²) in [5.74, 6) is 1.26. The first-order valence-electron chi connectivity index (χ1n) is 10.6. The van der Waals surface area contributed by atoms with Crippen molar-refractivity contribution in [1.82, 2.24) is 19.7 Å². The lowest BCUT2D eigenvalue weighted by atomic mass is 10.1. The molecule has 0 radical (unpaired) electrons. The number of rotatable bonds is 7. The van der Waals surface area contributed by atoms with Crippen molar-refractivity contribution < 1.29 is 9.53 Å². The largest absolute Gasteiger partial charge is 0.439 e. The molecule has 0 fully saturated rings. The molecule has 4 aromatic rings. The van der Waals surface area contributed by atoms with Gasteiger partial charge in [-0.1, -0.05) is 0 Å². The van der Waals surface area contributed by atoms with Gasteiger partial charge >= 0.3 is 0 Å². The molecule has 10 nitrogen and oxygen atoms in total. The van der Waals surface area contributed by atoms with Gasteiger partial charge in [-0.3, -0.25) is 9.78 Å². The van der Waals surface area contributed by atoms with Gasteiger partial charge in [0, 0.05) is 43.0 Å². The van der Waals surface area contributed by atoms with Crippen LogP contribution >= 0.6 is 0 Å². The van der Waals surface area contributed by atoms with Crippen LogP contribution in [0.3, 0.4) is 0 Å². The normalized spacial score (nSPS) is 11.1. The van der Waals surface area contributed by atoms with Crippen molar-refractivity contribution in [1.29, 1.82) is 5.26 Å². The second kappa shape index (κ2) is 9.84. The molecule has 2 aromatic heterocycles. The van der Waals surface area contributed by atoms with E-state index < -0.39 is 0 Å². The van der Waals surface area contributed by atoms with Gasteiger partial charge in [-0.25, -0.2) is 4.99 Å². The van der Waals surface area contributed by atoms with Gasteiger partial charge in [-0.2, -0.15) is 5.26 Å². The second-order valence-corrected chi connectivity index (χ2v) is 7.72. The van der Waals surface area contributed by atoms with E-state index in [1.165, 1.54) is 13.1 Å². The highest BCUT2D eigenvalue weighted by atomic mass is 16.5. The number of carbonyl (C=O) groups is 1. The molecule has 0 bridgehead atoms. The summed E-state index contributed by atoms with van der Waals surface area (Å²) in [6.07, 6.45) is 4.74. The summed E-state index contributed by atoms with van der Waals surface area (Å²) in [7, 11) is 1.82. The van der Waals surface area contributed by atoms with Crippen LogP contribution in [-0.4, -0.2) is 32.4 Å². The molecular formula is C25H22N8O2. The summed E-state index contributed by atoms with van der Waals surface area (Å²) in [4.78, 5) is 19.8. The van der Waals surface area contributed by atoms with Crippen LogP contribution < -0.4 is 15.4 Å². The third-order valence-corrected chi connectivity index (χ3v) is 5.12. The zero-order valence-electron chi connectivity index (χ0n) is 19.4. The van der Waals surface area contributed by atoms with Crippen molar-refractivity contribution in [3.63, 3.8) is 0 Å². The van der Waals surface area contributed by atoms with Crippen LogP contribution in [0, 0.1) is 18.3 Å². The van der Waals surface area contributed by atoms with E-state index in [0.717, 1.165) is 11.3 Å². The Morgan fingerprint density at radius 2 is 2.06 bits per heavy atom. The number of hydrogen-bond donors (Lipinski definition) is 2. The molecule has 35 heavy (non-hydrogen) atoms. The minimum Gasteiger partial charge on any atom is -0.439 e. The number of nitriles is 1. The number of benzene rings is 2. The Balaban J connectivity index is 1.65. The molecule has 174 valence electrons. The minimum absolute atomic E-state index is 0.184. The molecular weight excluding hydrogens is 444 g/mol. The van der Waals surface area contributed by atoms with Gasteiger partial charge in [0.15, 0.2) is 5.82 Å². The van der Waals surface area contributed by atoms with Crippen LogP contribution in [0.2, 0.25) is 0 Å². The molecule has 0 aliphatic rings. The van der Waals surface area contributed by atoms with Crippen molar-refractivity contribution in [2.45, 2.75) is 13.8 Å². The molecule has 0 atom stereocenters. The number of aliphatic imine (C=N–C) groups is 1. The van der Waals surface area contributed by atoms with Crippen molar-refractivity contribution in [2.75, 3.05) is 10.6 Å². The van der Waals surface area contributed by atoms with Gasteiger partial charge in [-0.05, 0) is 55.6 Å². The topological polar surface area (TPSA) is 130 Å². The molecule has 0 saturated carbocycles. The molecule has 4 rings (SSSR count). The maximum atomic E-state index is 11.5. The predicted molar refractivity (Wildman–Crippen MR) is 134 cm³/mol. The summed E-state index contributed by atoms with van der Waals surface area (Å²) in [6.45, 7) is 6.90. The van der Waals surface area contributed by atoms with Crippen molar-refractivity contribution >= 4 is 46.7 Å². The summed E-state index contributed by atoms with van der Waals surface area (Å²) < 4.78 is 7.65. The summed E-state index contributed by atoms with van der Waals surface area (Å²) in [5.41, 5.74) is 3.85. The predicted octanol–water partition coefficient (Wildman–Crippen LogP) is 4.32. The Kier molecular flexibility index (Phi) is 6.50. The quantitative estimate of drug-likeness (QED) is 0.306. The third kappa shape index (κ3) is 5.15. The smallest absolute Gasteiger partial charge is 0.222 e. The molecule has 2 N–H and O–H groups in total. The Labute approximate surface area is 201 Å². The Bertz CT molecular complexity index is 1510. The van der Waals surface area contributed by atoms with Gasteiger partial charge in [0.1, 0.15) is 18.1 Å². The molecule has 0 spiro atoms. The van der Waals surface area contributed by atoms with Crippen LogP contribution in [0.4, 0.5) is 17.1 Å². The maximum Gasteiger partial charge on any atom is 0.222 e. The zero-order valence-corrected chi connectivity index (χ0v) is 19.4. The lowest BCUT2D eigenvalue weighted by Gasteiger charge is -2.15. The summed E-state index contributed by atoms with van der Waals surface area (Å²) in [5, 5.41) is 24.3. The monoisotopic (exact) mass is 466 g/mol. The maximum absolute atomic E-state index is 11.5. The van der Waals surface area contributed by atoms with Crippen molar-refractivity contribution in [3.05, 3.63) is 71.8 Å². The number of carbonyl (C=O) groups excluding carboxylic acids is 1. The lowest BCUT2D eigenvalue weighted by molar-refractivity contribution is -0.114. The highest BCUT2D eigenvalue weighted by Crippen LogP contribution is 2.32. The van der Waals surface area contributed by atoms with Crippen LogP contribution in [-0.2, 0) is 11.8 Å². The van der Waals surface area contributed by atoms with Crippen LogP contribution in [0.15, 0.2) is 59.8 Å². The minimum atomic E-state index is -0.184. The number of hydrogen-bond acceptors (Lipinski definition) is 8. The van der Waals surface area contributed by atoms with Crippen LogP contribution in [0.25, 0.3) is 17.0 Å². The molecule has 0 aliphatic carbocycles. The van der Waals surface area contributed by atoms with E-state index in [4.69, 9.17) is 4.74 Å². The number of anilines is 3. The highest BCUT2D eigenvalue weighted by molar-refractivity contribution is 5.99. The van der Waals surface area contributed by atoms with Gasteiger partial charge in [0.2, 0.25) is 11.8 Å². The number of aryl methyl sites for hydroxylation is 2. The first-order chi connectivity index (χ1) is 16.9. The SMILES string of the molecule is C=N/C(=C\c1nncn1C)Oc1ccc(Nc2c(C#N)cnc3ccc(NC(C)=O)cc23)cc1C. The van der Waals surface area contributed by atoms with Gasteiger partial charge < -0.3 is 19.9 Å². The van der Waals surface area contributed by atoms with Crippen LogP contribution in [0.5, 0.6) is 5.75 Å². The molecule has 0 saturated heterocycles. The van der Waals surface area contributed by atoms with E-state index in [9.17, 15) is 10.1 Å². The lowest BCUT2D eigenvalue weighted by Crippen LogP contribution is -2.06. The molecule has 10 heteroatoms. The summed E-state index contributed by atoms with van der Waals surface area (Å²) >= 11 is 0. The third-order valence-electron chi connectivity index (χ3n) is 5.12. The molecule has 0 unspecified atom stereocenters. The van der Waals surface area contributed by atoms with E-state index >= 15 is 0 Å². The van der Waals surface area contributed by atoms with Crippen LogP contribution in [0.1, 0.15) is 23.9 Å². The Morgan fingerprint density at radius 1 is 1.26 bits per heavy atom. The fraction of sp³-hybridized carbons (Fsp3) is 0.120. The van der Waals surface area contributed by atoms with Gasteiger partial charge in [0.05, 0.1) is 16.8 Å². The first-order valence-corrected chi connectivity index (χ1v) is 10.6. The Morgan fingerprint density at radius 3 is 2.71 bits per heavy atom. The number of pyridine rings is 1. The van der Waals surface area contributed by atoms with E-state index in [-0.39, 0.29) is 11.8 Å². The zero-order chi connectivity index (χ0) is 24.9. The fourth-order valence-electron chi connectivity index (χ4n) is 3.43. The van der Waals surface area contributed by atoms with Gasteiger partial charge in [0.25, 0.3) is 0 Å². The van der Waals surface area contributed by atoms with E-state index in [0.29, 0.717) is 39.4 Å². The second-order valence-electron chi connectivity index (χ2n) is 7.72. The summed E-state index contributed by atoms with van der Waals surface area (Å²) in [6, 6.07) is 13.0. The number of aromatic nitrogens is 4.